The molecule has 1 aromatic heterocycles. The molecular weight excluding hydrogens is 341 g/mol. The molecule has 1 aromatic carbocycles. The van der Waals surface area contributed by atoms with Gasteiger partial charge in [-0.25, -0.2) is 9.18 Å². The second kappa shape index (κ2) is 6.26. The number of hydrogen-bond donors (Lipinski definition) is 1. The minimum atomic E-state index is -0.566. The van der Waals surface area contributed by atoms with Gasteiger partial charge in [0.1, 0.15) is 11.5 Å². The summed E-state index contributed by atoms with van der Waals surface area (Å²) in [5.74, 6) is -0.431. The summed E-state index contributed by atoms with van der Waals surface area (Å²) in [4.78, 5) is 24.4. The average molecular weight is 356 g/mol. The smallest absolute Gasteiger partial charge is 0.331 e. The lowest BCUT2D eigenvalue weighted by Crippen LogP contribution is -2.41. The Bertz CT molecular complexity index is 783. The summed E-state index contributed by atoms with van der Waals surface area (Å²) in [7, 11) is 0. The summed E-state index contributed by atoms with van der Waals surface area (Å²) in [5.41, 5.74) is 5.14. The van der Waals surface area contributed by atoms with Crippen molar-refractivity contribution in [3.8, 4) is 0 Å². The van der Waals surface area contributed by atoms with E-state index in [0.717, 1.165) is 11.0 Å². The van der Waals surface area contributed by atoms with Crippen molar-refractivity contribution in [2.75, 3.05) is 5.73 Å². The molecule has 0 aliphatic carbocycles. The molecule has 0 atom stereocenters. The molecular formula is C14H15BrFN3O2. The fourth-order valence-corrected chi connectivity index (χ4v) is 2.42. The van der Waals surface area contributed by atoms with Crippen LogP contribution in [0.4, 0.5) is 10.1 Å². The first kappa shape index (κ1) is 15.5. The van der Waals surface area contributed by atoms with E-state index in [-0.39, 0.29) is 12.2 Å². The molecule has 0 unspecified atom stereocenters. The molecule has 21 heavy (non-hydrogen) atoms. The van der Waals surface area contributed by atoms with Crippen molar-refractivity contribution in [1.82, 2.24) is 9.13 Å². The van der Waals surface area contributed by atoms with Gasteiger partial charge in [0.15, 0.2) is 0 Å². The Morgan fingerprint density at radius 3 is 2.71 bits per heavy atom. The van der Waals surface area contributed by atoms with Gasteiger partial charge in [-0.1, -0.05) is 22.9 Å². The number of anilines is 1. The zero-order valence-corrected chi connectivity index (χ0v) is 13.1. The van der Waals surface area contributed by atoms with E-state index in [9.17, 15) is 14.0 Å². The molecule has 0 spiro atoms. The number of rotatable bonds is 4. The predicted octanol–water partition coefficient (Wildman–Crippen LogP) is 1.95. The van der Waals surface area contributed by atoms with Crippen molar-refractivity contribution in [2.45, 2.75) is 26.4 Å². The lowest BCUT2D eigenvalue weighted by molar-refractivity contribution is 0.570. The van der Waals surface area contributed by atoms with E-state index in [4.69, 9.17) is 5.73 Å². The number of nitrogens with zero attached hydrogens (tertiary/aromatic N) is 2. The normalized spacial score (nSPS) is 10.8. The Labute approximate surface area is 129 Å². The molecule has 2 N–H and O–H groups in total. The van der Waals surface area contributed by atoms with Crippen molar-refractivity contribution in [2.24, 2.45) is 0 Å². The molecule has 0 amide bonds. The van der Waals surface area contributed by atoms with Gasteiger partial charge in [-0.2, -0.15) is 0 Å². The molecule has 0 saturated carbocycles. The first-order valence-electron chi connectivity index (χ1n) is 6.47. The summed E-state index contributed by atoms with van der Waals surface area (Å²) in [6, 6.07) is 4.11. The second-order valence-corrected chi connectivity index (χ2v) is 5.54. The van der Waals surface area contributed by atoms with Crippen molar-refractivity contribution >= 4 is 21.6 Å². The van der Waals surface area contributed by atoms with Gasteiger partial charge in [0.05, 0.1) is 6.54 Å². The van der Waals surface area contributed by atoms with E-state index in [1.807, 2.05) is 6.92 Å². The van der Waals surface area contributed by atoms with E-state index in [2.05, 4.69) is 15.9 Å². The van der Waals surface area contributed by atoms with E-state index < -0.39 is 17.1 Å². The van der Waals surface area contributed by atoms with Crippen LogP contribution in [0.5, 0.6) is 0 Å². The van der Waals surface area contributed by atoms with Gasteiger partial charge < -0.3 is 5.73 Å². The average Bonchev–Trinajstić information content (AvgIpc) is 2.44. The minimum absolute atomic E-state index is 0.00410. The number of nitrogens with two attached hydrogens (primary N) is 1. The lowest BCUT2D eigenvalue weighted by Gasteiger charge is -2.12. The molecule has 0 aliphatic heterocycles. The third kappa shape index (κ3) is 3.24. The highest BCUT2D eigenvalue weighted by Crippen LogP contribution is 2.18. The van der Waals surface area contributed by atoms with Crippen LogP contribution in [0.1, 0.15) is 18.9 Å². The van der Waals surface area contributed by atoms with Crippen molar-refractivity contribution < 1.29 is 4.39 Å². The molecule has 112 valence electrons. The Morgan fingerprint density at radius 1 is 1.33 bits per heavy atom. The van der Waals surface area contributed by atoms with Gasteiger partial charge >= 0.3 is 5.69 Å². The number of halogens is 2. The van der Waals surface area contributed by atoms with Crippen molar-refractivity contribution in [1.29, 1.82) is 0 Å². The first-order valence-corrected chi connectivity index (χ1v) is 7.27. The largest absolute Gasteiger partial charge is 0.393 e. The molecule has 0 saturated heterocycles. The second-order valence-electron chi connectivity index (χ2n) is 4.69. The maximum absolute atomic E-state index is 13.3. The molecule has 2 aromatic rings. The van der Waals surface area contributed by atoms with Crippen LogP contribution in [0.15, 0.2) is 38.5 Å². The van der Waals surface area contributed by atoms with Gasteiger partial charge in [-0.15, -0.1) is 0 Å². The van der Waals surface area contributed by atoms with Crippen LogP contribution >= 0.6 is 15.9 Å². The highest BCUT2D eigenvalue weighted by Gasteiger charge is 2.11. The number of benzene rings is 1. The zero-order chi connectivity index (χ0) is 15.6. The van der Waals surface area contributed by atoms with Gasteiger partial charge in [0.25, 0.3) is 5.56 Å². The summed E-state index contributed by atoms with van der Waals surface area (Å²) in [6.45, 7) is 2.35. The zero-order valence-electron chi connectivity index (χ0n) is 11.5. The predicted molar refractivity (Wildman–Crippen MR) is 82.9 cm³/mol. The topological polar surface area (TPSA) is 70.0 Å². The fraction of sp³-hybridized carbons (Fsp3) is 0.286. The summed E-state index contributed by atoms with van der Waals surface area (Å²) in [5, 5.41) is 0. The Hall–Kier alpha value is -1.89. The van der Waals surface area contributed by atoms with E-state index in [1.54, 1.807) is 0 Å². The highest BCUT2D eigenvalue weighted by molar-refractivity contribution is 9.10. The molecule has 0 radical (unpaired) electrons. The lowest BCUT2D eigenvalue weighted by atomic mass is 10.2. The summed E-state index contributed by atoms with van der Waals surface area (Å²) in [6.07, 6.45) is 2.09. The molecule has 0 fully saturated rings. The monoisotopic (exact) mass is 355 g/mol. The number of hydrogen-bond acceptors (Lipinski definition) is 3. The molecule has 0 aliphatic rings. The standard InChI is InChI=1S/C14H15BrFN3O2/c1-2-5-18-8-12(17)13(20)19(14(18)21)7-9-6-10(16)3-4-11(9)15/h3-4,6,8H,2,5,7,17H2,1H3. The van der Waals surface area contributed by atoms with Crippen molar-refractivity contribution in [3.63, 3.8) is 0 Å². The number of aryl methyl sites for hydroxylation is 1. The van der Waals surface area contributed by atoms with Crippen molar-refractivity contribution in [3.05, 3.63) is 61.1 Å². The summed E-state index contributed by atoms with van der Waals surface area (Å²) >= 11 is 3.28. The molecule has 2 rings (SSSR count). The quantitative estimate of drug-likeness (QED) is 0.911. The van der Waals surface area contributed by atoms with E-state index in [1.165, 1.54) is 29.0 Å². The van der Waals surface area contributed by atoms with Crippen LogP contribution in [0.25, 0.3) is 0 Å². The van der Waals surface area contributed by atoms with Crippen LogP contribution in [0.2, 0.25) is 0 Å². The van der Waals surface area contributed by atoms with Crippen LogP contribution in [-0.2, 0) is 13.1 Å². The Kier molecular flexibility index (Phi) is 4.62. The Balaban J connectivity index is 2.56. The SMILES string of the molecule is CCCn1cc(N)c(=O)n(Cc2cc(F)ccc2Br)c1=O. The van der Waals surface area contributed by atoms with E-state index >= 15 is 0 Å². The van der Waals surface area contributed by atoms with Crippen LogP contribution in [-0.4, -0.2) is 9.13 Å². The van der Waals surface area contributed by atoms with Gasteiger partial charge in [0, 0.05) is 17.2 Å². The Morgan fingerprint density at radius 2 is 2.05 bits per heavy atom. The van der Waals surface area contributed by atoms with Crippen LogP contribution < -0.4 is 17.0 Å². The maximum atomic E-state index is 13.3. The molecule has 5 nitrogen and oxygen atoms in total. The third-order valence-electron chi connectivity index (χ3n) is 3.06. The van der Waals surface area contributed by atoms with Crippen LogP contribution in [0, 0.1) is 5.82 Å². The highest BCUT2D eigenvalue weighted by atomic mass is 79.9. The van der Waals surface area contributed by atoms with Crippen LogP contribution in [0.3, 0.4) is 0 Å². The summed E-state index contributed by atoms with van der Waals surface area (Å²) < 4.78 is 16.3. The van der Waals surface area contributed by atoms with Gasteiger partial charge in [-0.3, -0.25) is 13.9 Å². The number of aromatic nitrogens is 2. The van der Waals surface area contributed by atoms with Gasteiger partial charge in [-0.05, 0) is 30.2 Å². The number of nitrogen functional groups attached to an aromatic ring is 1. The molecule has 0 bridgehead atoms. The molecule has 1 heterocycles. The van der Waals surface area contributed by atoms with Gasteiger partial charge in [0.2, 0.25) is 0 Å². The van der Waals surface area contributed by atoms with E-state index in [0.29, 0.717) is 16.6 Å². The maximum Gasteiger partial charge on any atom is 0.331 e. The first-order chi connectivity index (χ1) is 9.93. The molecule has 7 heteroatoms. The third-order valence-corrected chi connectivity index (χ3v) is 3.84. The minimum Gasteiger partial charge on any atom is -0.393 e. The fourth-order valence-electron chi connectivity index (χ4n) is 2.05.